The average molecular weight is 318 g/mol. The van der Waals surface area contributed by atoms with Crippen molar-refractivity contribution in [2.45, 2.75) is 45.3 Å². The summed E-state index contributed by atoms with van der Waals surface area (Å²) >= 11 is 0. The van der Waals surface area contributed by atoms with E-state index in [9.17, 15) is 4.79 Å². The highest BCUT2D eigenvalue weighted by Gasteiger charge is 2.32. The number of aromatic nitrogens is 2. The van der Waals surface area contributed by atoms with Crippen LogP contribution >= 0.6 is 0 Å². The molecular formula is C16H26N6O. The first-order valence-electron chi connectivity index (χ1n) is 8.38. The van der Waals surface area contributed by atoms with Crippen LogP contribution in [0.1, 0.15) is 32.3 Å². The van der Waals surface area contributed by atoms with Gasteiger partial charge in [-0.25, -0.2) is 9.97 Å². The minimum Gasteiger partial charge on any atom is -0.367 e. The topological polar surface area (TPSA) is 73.4 Å². The Bertz CT molecular complexity index is 570. The monoisotopic (exact) mass is 318 g/mol. The zero-order valence-electron chi connectivity index (χ0n) is 14.2. The second kappa shape index (κ2) is 6.70. The lowest BCUT2D eigenvalue weighted by Gasteiger charge is -2.34. The molecule has 2 aliphatic rings. The molecule has 0 aromatic carbocycles. The van der Waals surface area contributed by atoms with Crippen LogP contribution < -0.4 is 15.5 Å². The van der Waals surface area contributed by atoms with Gasteiger partial charge in [0.2, 0.25) is 5.91 Å². The number of piperidine rings is 1. The van der Waals surface area contributed by atoms with Crippen molar-refractivity contribution < 1.29 is 4.79 Å². The molecule has 1 aromatic heterocycles. The minimum absolute atomic E-state index is 0.162. The van der Waals surface area contributed by atoms with Crippen molar-refractivity contribution >= 4 is 17.5 Å². The fourth-order valence-corrected chi connectivity index (χ4v) is 3.33. The van der Waals surface area contributed by atoms with E-state index in [1.165, 1.54) is 0 Å². The van der Waals surface area contributed by atoms with Crippen molar-refractivity contribution in [1.29, 1.82) is 0 Å². The first kappa shape index (κ1) is 16.0. The Hall–Kier alpha value is -1.89. The summed E-state index contributed by atoms with van der Waals surface area (Å²) in [4.78, 5) is 25.5. The molecule has 7 nitrogen and oxygen atoms in total. The Morgan fingerprint density at radius 1 is 1.35 bits per heavy atom. The number of rotatable bonds is 3. The maximum absolute atomic E-state index is 12.7. The van der Waals surface area contributed by atoms with Crippen LogP contribution in [0.3, 0.4) is 0 Å². The molecule has 126 valence electrons. The van der Waals surface area contributed by atoms with Gasteiger partial charge in [0.05, 0.1) is 18.7 Å². The van der Waals surface area contributed by atoms with Crippen LogP contribution in [0.2, 0.25) is 0 Å². The highest BCUT2D eigenvalue weighted by atomic mass is 16.2. The Balaban J connectivity index is 1.94. The van der Waals surface area contributed by atoms with Crippen molar-refractivity contribution in [3.8, 4) is 0 Å². The maximum Gasteiger partial charge on any atom is 0.242 e. The van der Waals surface area contributed by atoms with Crippen molar-refractivity contribution in [3.63, 3.8) is 0 Å². The summed E-state index contributed by atoms with van der Waals surface area (Å²) in [6.45, 7) is 7.01. The number of carbonyl (C=O) groups is 1. The largest absolute Gasteiger partial charge is 0.367 e. The molecule has 3 heterocycles. The fraction of sp³-hybridized carbons (Fsp3) is 0.688. The number of likely N-dealkylation sites (N-methyl/N-ethyl adjacent to an activating group) is 1. The number of anilines is 2. The highest BCUT2D eigenvalue weighted by molar-refractivity contribution is 5.84. The Labute approximate surface area is 137 Å². The minimum atomic E-state index is 0.162. The van der Waals surface area contributed by atoms with Gasteiger partial charge in [-0.05, 0) is 33.2 Å². The second-order valence-electron chi connectivity index (χ2n) is 6.70. The van der Waals surface area contributed by atoms with E-state index in [0.29, 0.717) is 13.1 Å². The van der Waals surface area contributed by atoms with E-state index in [1.807, 2.05) is 16.8 Å². The number of nitrogens with zero attached hydrogens (tertiary/aromatic N) is 4. The van der Waals surface area contributed by atoms with Gasteiger partial charge in [0, 0.05) is 25.7 Å². The molecule has 7 heteroatoms. The standard InChI is InChI=1S/C16H26N6O/c1-11(2)20-15-13-8-22(12-5-4-6-17-7-12)14(23)9-21(3)16(13)19-10-18-15/h10-12,17H,4-9H2,1-3H3,(H,18,19,20). The van der Waals surface area contributed by atoms with Gasteiger partial charge in [-0.15, -0.1) is 0 Å². The Morgan fingerprint density at radius 2 is 2.17 bits per heavy atom. The number of fused-ring (bicyclic) bond motifs is 1. The van der Waals surface area contributed by atoms with Crippen LogP contribution in [-0.4, -0.2) is 59.5 Å². The maximum atomic E-state index is 12.7. The van der Waals surface area contributed by atoms with E-state index in [1.54, 1.807) is 6.33 Å². The molecule has 0 saturated carbocycles. The number of nitrogens with one attached hydrogen (secondary N) is 2. The smallest absolute Gasteiger partial charge is 0.242 e. The summed E-state index contributed by atoms with van der Waals surface area (Å²) in [6, 6.07) is 0.533. The molecule has 0 bridgehead atoms. The molecule has 0 radical (unpaired) electrons. The van der Waals surface area contributed by atoms with Crippen LogP contribution in [0.4, 0.5) is 11.6 Å². The molecule has 0 aliphatic carbocycles. The van der Waals surface area contributed by atoms with Crippen LogP contribution in [0.15, 0.2) is 6.33 Å². The van der Waals surface area contributed by atoms with E-state index in [4.69, 9.17) is 0 Å². The summed E-state index contributed by atoms with van der Waals surface area (Å²) < 4.78 is 0. The number of hydrogen-bond donors (Lipinski definition) is 2. The fourth-order valence-electron chi connectivity index (χ4n) is 3.33. The van der Waals surface area contributed by atoms with Crippen LogP contribution in [0.25, 0.3) is 0 Å². The third kappa shape index (κ3) is 3.39. The predicted molar refractivity (Wildman–Crippen MR) is 90.5 cm³/mol. The first-order chi connectivity index (χ1) is 11.1. The van der Waals surface area contributed by atoms with E-state index < -0.39 is 0 Å². The molecule has 1 aromatic rings. The lowest BCUT2D eigenvalue weighted by Crippen LogP contribution is -2.49. The molecule has 23 heavy (non-hydrogen) atoms. The van der Waals surface area contributed by atoms with Gasteiger partial charge in [0.1, 0.15) is 18.0 Å². The average Bonchev–Trinajstić information content (AvgIpc) is 2.65. The normalized spacial score (nSPS) is 22.1. The first-order valence-corrected chi connectivity index (χ1v) is 8.38. The third-order valence-electron chi connectivity index (χ3n) is 4.44. The molecule has 0 spiro atoms. The zero-order valence-corrected chi connectivity index (χ0v) is 14.2. The predicted octanol–water partition coefficient (Wildman–Crippen LogP) is 0.827. The molecule has 3 rings (SSSR count). The molecule has 1 fully saturated rings. The van der Waals surface area contributed by atoms with Crippen molar-refractivity contribution in [2.75, 3.05) is 36.9 Å². The molecule has 2 N–H and O–H groups in total. The van der Waals surface area contributed by atoms with Crippen LogP contribution in [-0.2, 0) is 11.3 Å². The van der Waals surface area contributed by atoms with Crippen molar-refractivity contribution in [2.24, 2.45) is 0 Å². The summed E-state index contributed by atoms with van der Waals surface area (Å²) in [6.07, 6.45) is 3.74. The summed E-state index contributed by atoms with van der Waals surface area (Å²) in [7, 11) is 1.92. The second-order valence-corrected chi connectivity index (χ2v) is 6.70. The molecule has 2 aliphatic heterocycles. The van der Waals surface area contributed by atoms with E-state index >= 15 is 0 Å². The molecular weight excluding hydrogens is 292 g/mol. The Kier molecular flexibility index (Phi) is 4.66. The lowest BCUT2D eigenvalue weighted by atomic mass is 10.0. The molecule has 1 atom stereocenters. The van der Waals surface area contributed by atoms with E-state index in [2.05, 4.69) is 34.4 Å². The van der Waals surface area contributed by atoms with Gasteiger partial charge < -0.3 is 20.4 Å². The summed E-state index contributed by atoms with van der Waals surface area (Å²) in [5.41, 5.74) is 1.01. The molecule has 1 amide bonds. The van der Waals surface area contributed by atoms with Gasteiger partial charge in [0.15, 0.2) is 0 Å². The van der Waals surface area contributed by atoms with E-state index in [-0.39, 0.29) is 18.0 Å². The van der Waals surface area contributed by atoms with Crippen LogP contribution in [0, 0.1) is 0 Å². The molecule has 1 unspecified atom stereocenters. The van der Waals surface area contributed by atoms with Crippen molar-refractivity contribution in [3.05, 3.63) is 11.9 Å². The Morgan fingerprint density at radius 3 is 2.87 bits per heavy atom. The van der Waals surface area contributed by atoms with Gasteiger partial charge in [-0.1, -0.05) is 0 Å². The number of amides is 1. The van der Waals surface area contributed by atoms with Gasteiger partial charge >= 0.3 is 0 Å². The lowest BCUT2D eigenvalue weighted by molar-refractivity contribution is -0.132. The third-order valence-corrected chi connectivity index (χ3v) is 4.44. The SMILES string of the molecule is CC(C)Nc1ncnc2c1CN(C1CCCNC1)C(=O)CN2C. The quantitative estimate of drug-likeness (QED) is 0.860. The van der Waals surface area contributed by atoms with E-state index in [0.717, 1.165) is 43.1 Å². The zero-order chi connectivity index (χ0) is 16.4. The van der Waals surface area contributed by atoms with Gasteiger partial charge in [0.25, 0.3) is 0 Å². The highest BCUT2D eigenvalue weighted by Crippen LogP contribution is 2.29. The molecule has 1 saturated heterocycles. The number of carbonyl (C=O) groups excluding carboxylic acids is 1. The van der Waals surface area contributed by atoms with Gasteiger partial charge in [-0.2, -0.15) is 0 Å². The van der Waals surface area contributed by atoms with Gasteiger partial charge in [-0.3, -0.25) is 4.79 Å². The van der Waals surface area contributed by atoms with Crippen molar-refractivity contribution in [1.82, 2.24) is 20.2 Å². The number of hydrogen-bond acceptors (Lipinski definition) is 6. The summed E-state index contributed by atoms with van der Waals surface area (Å²) in [5.74, 6) is 1.85. The van der Waals surface area contributed by atoms with Crippen LogP contribution in [0.5, 0.6) is 0 Å². The summed E-state index contributed by atoms with van der Waals surface area (Å²) in [5, 5.41) is 6.79.